The first-order valence-corrected chi connectivity index (χ1v) is 6.43. The van der Waals surface area contributed by atoms with E-state index in [1.54, 1.807) is 6.26 Å². The van der Waals surface area contributed by atoms with Crippen LogP contribution in [0.1, 0.15) is 24.3 Å². The Balaban J connectivity index is 1.71. The van der Waals surface area contributed by atoms with Crippen LogP contribution in [0.5, 0.6) is 0 Å². The maximum Gasteiger partial charge on any atom is 0.120 e. The summed E-state index contributed by atoms with van der Waals surface area (Å²) in [6.45, 7) is 2.91. The predicted octanol–water partition coefficient (Wildman–Crippen LogP) is 3.68. The van der Waals surface area contributed by atoms with Crippen LogP contribution < -0.4 is 5.32 Å². The Morgan fingerprint density at radius 1 is 1.21 bits per heavy atom. The lowest BCUT2D eigenvalue weighted by atomic mass is 10.1. The van der Waals surface area contributed by atoms with Crippen molar-refractivity contribution in [2.24, 2.45) is 0 Å². The molecule has 0 saturated heterocycles. The number of pyridine rings is 1. The van der Waals surface area contributed by atoms with Gasteiger partial charge in [-0.15, -0.1) is 0 Å². The Bertz CT molecular complexity index is 661. The smallest absolute Gasteiger partial charge is 0.120 e. The van der Waals surface area contributed by atoms with Crippen molar-refractivity contribution in [3.8, 4) is 0 Å². The predicted molar refractivity (Wildman–Crippen MR) is 75.7 cm³/mol. The summed E-state index contributed by atoms with van der Waals surface area (Å²) < 4.78 is 5.38. The molecule has 2 aromatic heterocycles. The molecule has 3 heteroatoms. The highest BCUT2D eigenvalue weighted by atomic mass is 16.3. The number of furan rings is 1. The van der Waals surface area contributed by atoms with E-state index in [9.17, 15) is 0 Å². The molecule has 96 valence electrons. The number of benzene rings is 1. The first-order chi connectivity index (χ1) is 9.33. The second kappa shape index (κ2) is 5.24. The zero-order chi connectivity index (χ0) is 13.1. The number of hydrogen-bond acceptors (Lipinski definition) is 3. The van der Waals surface area contributed by atoms with Crippen LogP contribution in [0.2, 0.25) is 0 Å². The monoisotopic (exact) mass is 252 g/mol. The van der Waals surface area contributed by atoms with Gasteiger partial charge in [0.25, 0.3) is 0 Å². The van der Waals surface area contributed by atoms with Gasteiger partial charge in [-0.1, -0.05) is 12.1 Å². The molecule has 0 unspecified atom stereocenters. The van der Waals surface area contributed by atoms with E-state index in [1.807, 2.05) is 24.4 Å². The zero-order valence-corrected chi connectivity index (χ0v) is 10.8. The second-order valence-corrected chi connectivity index (χ2v) is 4.65. The van der Waals surface area contributed by atoms with Gasteiger partial charge in [-0.25, -0.2) is 0 Å². The summed E-state index contributed by atoms with van der Waals surface area (Å²) in [6, 6.07) is 14.5. The van der Waals surface area contributed by atoms with Gasteiger partial charge in [-0.2, -0.15) is 0 Å². The lowest BCUT2D eigenvalue weighted by Gasteiger charge is -2.11. The highest BCUT2D eigenvalue weighted by molar-refractivity contribution is 5.78. The number of aromatic nitrogens is 1. The topological polar surface area (TPSA) is 38.1 Å². The van der Waals surface area contributed by atoms with Crippen LogP contribution in [0.15, 0.2) is 59.3 Å². The van der Waals surface area contributed by atoms with Gasteiger partial charge in [0.2, 0.25) is 0 Å². The van der Waals surface area contributed by atoms with Crippen molar-refractivity contribution in [1.29, 1.82) is 0 Å². The summed E-state index contributed by atoms with van der Waals surface area (Å²) in [6.07, 6.45) is 3.52. The van der Waals surface area contributed by atoms with E-state index < -0.39 is 0 Å². The van der Waals surface area contributed by atoms with Gasteiger partial charge >= 0.3 is 0 Å². The third kappa shape index (κ3) is 2.66. The Morgan fingerprint density at radius 3 is 3.00 bits per heavy atom. The molecule has 3 nitrogen and oxygen atoms in total. The Hall–Kier alpha value is -2.13. The van der Waals surface area contributed by atoms with E-state index in [-0.39, 0.29) is 6.04 Å². The Labute approximate surface area is 112 Å². The van der Waals surface area contributed by atoms with E-state index in [0.717, 1.165) is 17.8 Å². The lowest BCUT2D eigenvalue weighted by Crippen LogP contribution is -2.17. The van der Waals surface area contributed by atoms with E-state index >= 15 is 0 Å². The van der Waals surface area contributed by atoms with E-state index in [4.69, 9.17) is 4.42 Å². The number of nitrogens with zero attached hydrogens (tertiary/aromatic N) is 1. The molecule has 0 aliphatic carbocycles. The molecule has 2 heterocycles. The van der Waals surface area contributed by atoms with Gasteiger partial charge in [-0.3, -0.25) is 4.98 Å². The van der Waals surface area contributed by atoms with Crippen molar-refractivity contribution >= 4 is 10.9 Å². The third-order valence-electron chi connectivity index (χ3n) is 3.25. The molecule has 0 radical (unpaired) electrons. The van der Waals surface area contributed by atoms with Gasteiger partial charge < -0.3 is 9.73 Å². The minimum Gasteiger partial charge on any atom is -0.468 e. The molecule has 1 aromatic carbocycles. The molecule has 0 aliphatic rings. The van der Waals surface area contributed by atoms with E-state index in [2.05, 4.69) is 41.5 Å². The average molecular weight is 252 g/mol. The SMILES string of the molecule is C[C@@H](NCc1ccc2ncccc2c1)c1ccco1. The van der Waals surface area contributed by atoms with Crippen molar-refractivity contribution in [3.63, 3.8) is 0 Å². The summed E-state index contributed by atoms with van der Waals surface area (Å²) in [5.41, 5.74) is 2.28. The molecule has 0 amide bonds. The fraction of sp³-hybridized carbons (Fsp3) is 0.188. The van der Waals surface area contributed by atoms with Crippen LogP contribution in [0.4, 0.5) is 0 Å². The van der Waals surface area contributed by atoms with Gasteiger partial charge in [0.05, 0.1) is 17.8 Å². The molecule has 1 atom stereocenters. The van der Waals surface area contributed by atoms with Gasteiger partial charge in [0.1, 0.15) is 5.76 Å². The van der Waals surface area contributed by atoms with Crippen LogP contribution in [-0.4, -0.2) is 4.98 Å². The van der Waals surface area contributed by atoms with Gasteiger partial charge in [-0.05, 0) is 42.8 Å². The Morgan fingerprint density at radius 2 is 2.16 bits per heavy atom. The molecular formula is C16H16N2O. The lowest BCUT2D eigenvalue weighted by molar-refractivity contribution is 0.430. The number of fused-ring (bicyclic) bond motifs is 1. The largest absolute Gasteiger partial charge is 0.468 e. The second-order valence-electron chi connectivity index (χ2n) is 4.65. The van der Waals surface area contributed by atoms with Crippen LogP contribution in [0.3, 0.4) is 0 Å². The first-order valence-electron chi connectivity index (χ1n) is 6.43. The summed E-state index contributed by atoms with van der Waals surface area (Å²) >= 11 is 0. The summed E-state index contributed by atoms with van der Waals surface area (Å²) in [5.74, 6) is 0.961. The fourth-order valence-corrected chi connectivity index (χ4v) is 2.14. The van der Waals surface area contributed by atoms with Crippen LogP contribution >= 0.6 is 0 Å². The normalized spacial score (nSPS) is 12.7. The summed E-state index contributed by atoms with van der Waals surface area (Å²) in [4.78, 5) is 4.32. The van der Waals surface area contributed by atoms with E-state index in [1.165, 1.54) is 10.9 Å². The molecule has 3 rings (SSSR count). The molecule has 0 saturated carbocycles. The average Bonchev–Trinajstić information content (AvgIpc) is 2.99. The van der Waals surface area contributed by atoms with E-state index in [0.29, 0.717) is 0 Å². The molecule has 0 aliphatic heterocycles. The molecule has 0 fully saturated rings. The molecular weight excluding hydrogens is 236 g/mol. The Kier molecular flexibility index (Phi) is 3.29. The minimum absolute atomic E-state index is 0.208. The van der Waals surface area contributed by atoms with Crippen molar-refractivity contribution < 1.29 is 4.42 Å². The van der Waals surface area contributed by atoms with Gasteiger partial charge in [0, 0.05) is 18.1 Å². The highest BCUT2D eigenvalue weighted by Gasteiger charge is 2.07. The molecule has 19 heavy (non-hydrogen) atoms. The molecule has 0 spiro atoms. The quantitative estimate of drug-likeness (QED) is 0.769. The summed E-state index contributed by atoms with van der Waals surface area (Å²) in [5, 5.41) is 4.63. The molecule has 3 aromatic rings. The third-order valence-corrected chi connectivity index (χ3v) is 3.25. The molecule has 1 N–H and O–H groups in total. The van der Waals surface area contributed by atoms with Crippen molar-refractivity contribution in [3.05, 3.63) is 66.2 Å². The van der Waals surface area contributed by atoms with Crippen LogP contribution in [0, 0.1) is 0 Å². The highest BCUT2D eigenvalue weighted by Crippen LogP contribution is 2.16. The molecule has 0 bridgehead atoms. The zero-order valence-electron chi connectivity index (χ0n) is 10.8. The summed E-state index contributed by atoms with van der Waals surface area (Å²) in [7, 11) is 0. The fourth-order valence-electron chi connectivity index (χ4n) is 2.14. The standard InChI is InChI=1S/C16H16N2O/c1-12(16-5-3-9-19-16)18-11-13-6-7-15-14(10-13)4-2-8-17-15/h2-10,12,18H,11H2,1H3/t12-/m1/s1. The number of rotatable bonds is 4. The number of hydrogen-bond donors (Lipinski definition) is 1. The minimum atomic E-state index is 0.208. The van der Waals surface area contributed by atoms with Gasteiger partial charge in [0.15, 0.2) is 0 Å². The maximum atomic E-state index is 5.38. The van der Waals surface area contributed by atoms with Crippen molar-refractivity contribution in [2.45, 2.75) is 19.5 Å². The number of nitrogens with one attached hydrogen (secondary N) is 1. The maximum absolute atomic E-state index is 5.38. The van der Waals surface area contributed by atoms with Crippen LogP contribution in [0.25, 0.3) is 10.9 Å². The first kappa shape index (κ1) is 11.9. The van der Waals surface area contributed by atoms with Crippen molar-refractivity contribution in [2.75, 3.05) is 0 Å². The van der Waals surface area contributed by atoms with Crippen LogP contribution in [-0.2, 0) is 6.54 Å². The van der Waals surface area contributed by atoms with Crippen molar-refractivity contribution in [1.82, 2.24) is 10.3 Å².